The predicted molar refractivity (Wildman–Crippen MR) is 188 cm³/mol. The van der Waals surface area contributed by atoms with Gasteiger partial charge in [0.15, 0.2) is 0 Å². The maximum absolute atomic E-state index is 12.4. The number of rotatable bonds is 10. The Morgan fingerprint density at radius 3 is 1.06 bits per heavy atom. The number of nitrogens with zero attached hydrogens (tertiary/aromatic N) is 1. The zero-order chi connectivity index (χ0) is 33.5. The Morgan fingerprint density at radius 1 is 0.489 bits per heavy atom. The molecule has 0 unspecified atom stereocenters. The lowest BCUT2D eigenvalue weighted by molar-refractivity contribution is 0.247. The zero-order valence-electron chi connectivity index (χ0n) is 25.8. The number of amides is 4. The van der Waals surface area contributed by atoms with E-state index >= 15 is 0 Å². The third kappa shape index (κ3) is 13.6. The first-order valence-corrected chi connectivity index (χ1v) is 16.6. The monoisotopic (exact) mass is 651 g/mol. The lowest BCUT2D eigenvalue weighted by Crippen LogP contribution is -2.23. The van der Waals surface area contributed by atoms with Crippen molar-refractivity contribution in [2.24, 2.45) is 0 Å². The molecule has 0 aliphatic heterocycles. The Morgan fingerprint density at radius 2 is 0.745 bits per heavy atom. The van der Waals surface area contributed by atoms with Crippen molar-refractivity contribution in [2.45, 2.75) is 19.6 Å². The van der Waals surface area contributed by atoms with E-state index in [-0.39, 0.29) is 12.1 Å². The van der Waals surface area contributed by atoms with Crippen LogP contribution in [0, 0.1) is 0 Å². The second kappa shape index (κ2) is 17.3. The third-order valence-corrected chi connectivity index (χ3v) is 6.55. The summed E-state index contributed by atoms with van der Waals surface area (Å²) in [7, 11) is -3.67. The van der Waals surface area contributed by atoms with Crippen LogP contribution in [0.3, 0.4) is 0 Å². The molecule has 0 bridgehead atoms. The smallest absolute Gasteiger partial charge is 0.308 e. The van der Waals surface area contributed by atoms with Crippen LogP contribution < -0.4 is 21.3 Å². The van der Waals surface area contributed by atoms with Gasteiger partial charge in [-0.2, -0.15) is 8.42 Å². The van der Waals surface area contributed by atoms with Crippen molar-refractivity contribution in [3.8, 4) is 0 Å². The summed E-state index contributed by atoms with van der Waals surface area (Å²) in [6.07, 6.45) is 0.715. The van der Waals surface area contributed by atoms with Gasteiger partial charge in [-0.15, -0.1) is 0 Å². The Balaban J connectivity index is 0.000000930. The number of nitrogens with one attached hydrogen (secondary N) is 4. The van der Waals surface area contributed by atoms with Crippen LogP contribution in [-0.2, 0) is 29.8 Å². The fourth-order valence-corrected chi connectivity index (χ4v) is 4.54. The molecule has 0 spiro atoms. The fraction of sp³-hybridized carbons (Fsp3) is 0.111. The van der Waals surface area contributed by atoms with E-state index in [1.165, 1.54) is 5.56 Å². The Kier molecular flexibility index (Phi) is 12.6. The van der Waals surface area contributed by atoms with Gasteiger partial charge in [0.2, 0.25) is 0 Å². The summed E-state index contributed by atoms with van der Waals surface area (Å²) in [6, 6.07) is 44.3. The van der Waals surface area contributed by atoms with Crippen LogP contribution in [0.5, 0.6) is 0 Å². The standard InChI is InChI=1S/C35H33N5O2.CH4O3S/c41-34(36-30-12-6-2-7-13-30)38-32-20-16-28(17-21-32)25-40(24-27-10-4-1-5-11-27)26-29-18-22-33(23-19-29)39-35(42)37-31-14-8-3-9-15-31;1-5(2,3)4/h1-23H,24-26H2,(H2,36,38,41)(H2,37,39,42);1H3,(H,2,3,4). The lowest BCUT2D eigenvalue weighted by Gasteiger charge is -2.23. The number of carbonyl (C=O) groups excluding carboxylic acids is 2. The summed E-state index contributed by atoms with van der Waals surface area (Å²) in [4.78, 5) is 27.1. The van der Waals surface area contributed by atoms with E-state index in [9.17, 15) is 18.0 Å². The minimum atomic E-state index is -3.67. The Bertz CT molecular complexity index is 1700. The molecule has 5 aromatic carbocycles. The Labute approximate surface area is 275 Å². The van der Waals surface area contributed by atoms with Crippen LogP contribution in [0.2, 0.25) is 0 Å². The molecular weight excluding hydrogens is 614 g/mol. The lowest BCUT2D eigenvalue weighted by atomic mass is 10.1. The molecular formula is C36H37N5O5S. The van der Waals surface area contributed by atoms with Gasteiger partial charge in [0.1, 0.15) is 0 Å². The van der Waals surface area contributed by atoms with Gasteiger partial charge in [-0.05, 0) is 65.2 Å². The van der Waals surface area contributed by atoms with Crippen LogP contribution in [0.15, 0.2) is 140 Å². The van der Waals surface area contributed by atoms with Crippen molar-refractivity contribution in [2.75, 3.05) is 27.5 Å². The number of carbonyl (C=O) groups is 2. The first kappa shape index (κ1) is 34.4. The quantitative estimate of drug-likeness (QED) is 0.0982. The molecule has 0 heterocycles. The van der Waals surface area contributed by atoms with Crippen LogP contribution in [-0.4, -0.2) is 36.2 Å². The summed E-state index contributed by atoms with van der Waals surface area (Å²) in [6.45, 7) is 2.23. The molecule has 10 nitrogen and oxygen atoms in total. The highest BCUT2D eigenvalue weighted by molar-refractivity contribution is 7.85. The van der Waals surface area contributed by atoms with Gasteiger partial charge in [-0.1, -0.05) is 91.0 Å². The zero-order valence-corrected chi connectivity index (χ0v) is 26.7. The number of anilines is 4. The van der Waals surface area contributed by atoms with Crippen molar-refractivity contribution >= 4 is 44.9 Å². The van der Waals surface area contributed by atoms with Crippen molar-refractivity contribution in [3.63, 3.8) is 0 Å². The first-order chi connectivity index (χ1) is 22.6. The largest absolute Gasteiger partial charge is 0.323 e. The molecule has 4 amide bonds. The molecule has 0 fully saturated rings. The summed E-state index contributed by atoms with van der Waals surface area (Å²) < 4.78 is 25.9. The first-order valence-electron chi connectivity index (χ1n) is 14.7. The molecule has 0 aliphatic carbocycles. The molecule has 0 aliphatic rings. The highest BCUT2D eigenvalue weighted by atomic mass is 32.2. The molecule has 0 aromatic heterocycles. The maximum atomic E-state index is 12.4. The summed E-state index contributed by atoms with van der Waals surface area (Å²) in [5.74, 6) is 0. The number of hydrogen-bond acceptors (Lipinski definition) is 5. The minimum absolute atomic E-state index is 0.282. The molecule has 0 atom stereocenters. The fourth-order valence-electron chi connectivity index (χ4n) is 4.54. The van der Waals surface area contributed by atoms with Gasteiger partial charge in [0, 0.05) is 42.4 Å². The van der Waals surface area contributed by atoms with E-state index in [2.05, 4.69) is 50.4 Å². The summed E-state index contributed by atoms with van der Waals surface area (Å²) in [5.41, 5.74) is 6.42. The number of para-hydroxylation sites is 2. The number of hydrogen-bond donors (Lipinski definition) is 5. The van der Waals surface area contributed by atoms with Crippen LogP contribution in [0.4, 0.5) is 32.3 Å². The van der Waals surface area contributed by atoms with Crippen molar-refractivity contribution in [1.82, 2.24) is 4.90 Å². The predicted octanol–water partition coefficient (Wildman–Crippen LogP) is 7.68. The highest BCUT2D eigenvalue weighted by Gasteiger charge is 2.10. The third-order valence-electron chi connectivity index (χ3n) is 6.55. The molecule has 5 N–H and O–H groups in total. The molecule has 0 saturated carbocycles. The molecule has 5 rings (SSSR count). The van der Waals surface area contributed by atoms with Crippen molar-refractivity contribution in [1.29, 1.82) is 0 Å². The SMILES string of the molecule is CS(=O)(=O)O.O=C(Nc1ccccc1)Nc1ccc(CN(Cc2ccccc2)Cc2ccc(NC(=O)Nc3ccccc3)cc2)cc1. The van der Waals surface area contributed by atoms with Crippen molar-refractivity contribution in [3.05, 3.63) is 156 Å². The van der Waals surface area contributed by atoms with Crippen LogP contribution >= 0.6 is 0 Å². The second-order valence-corrected chi connectivity index (χ2v) is 12.1. The van der Waals surface area contributed by atoms with E-state index in [1.54, 1.807) is 0 Å². The molecule has 0 radical (unpaired) electrons. The topological polar surface area (TPSA) is 140 Å². The molecule has 5 aromatic rings. The minimum Gasteiger partial charge on any atom is -0.308 e. The molecule has 47 heavy (non-hydrogen) atoms. The summed E-state index contributed by atoms with van der Waals surface area (Å²) in [5, 5.41) is 11.4. The number of benzene rings is 5. The summed E-state index contributed by atoms with van der Waals surface area (Å²) >= 11 is 0. The van der Waals surface area contributed by atoms with E-state index in [4.69, 9.17) is 4.55 Å². The average molecular weight is 652 g/mol. The molecule has 11 heteroatoms. The van der Waals surface area contributed by atoms with Gasteiger partial charge >= 0.3 is 12.1 Å². The van der Waals surface area contributed by atoms with E-state index in [1.807, 2.05) is 115 Å². The maximum Gasteiger partial charge on any atom is 0.323 e. The van der Waals surface area contributed by atoms with E-state index in [0.29, 0.717) is 6.26 Å². The highest BCUT2D eigenvalue weighted by Crippen LogP contribution is 2.19. The molecule has 242 valence electrons. The normalized spacial score (nSPS) is 10.7. The number of urea groups is 2. The van der Waals surface area contributed by atoms with E-state index < -0.39 is 10.1 Å². The van der Waals surface area contributed by atoms with E-state index in [0.717, 1.165) is 53.5 Å². The van der Waals surface area contributed by atoms with Gasteiger partial charge in [0.25, 0.3) is 10.1 Å². The van der Waals surface area contributed by atoms with Crippen LogP contribution in [0.1, 0.15) is 16.7 Å². The van der Waals surface area contributed by atoms with Gasteiger partial charge in [-0.3, -0.25) is 9.45 Å². The molecule has 0 saturated heterocycles. The Hall–Kier alpha value is -5.49. The van der Waals surface area contributed by atoms with Gasteiger partial charge < -0.3 is 21.3 Å². The van der Waals surface area contributed by atoms with Crippen molar-refractivity contribution < 1.29 is 22.6 Å². The van der Waals surface area contributed by atoms with Crippen LogP contribution in [0.25, 0.3) is 0 Å². The van der Waals surface area contributed by atoms with Gasteiger partial charge in [-0.25, -0.2) is 9.59 Å². The van der Waals surface area contributed by atoms with Gasteiger partial charge in [0.05, 0.1) is 6.26 Å². The second-order valence-electron chi connectivity index (χ2n) is 10.6. The average Bonchev–Trinajstić information content (AvgIpc) is 3.03.